The normalized spacial score (nSPS) is 30.6. The maximum atomic E-state index is 14.7. The predicted octanol–water partition coefficient (Wildman–Crippen LogP) is 0.664. The summed E-state index contributed by atoms with van der Waals surface area (Å²) in [6, 6.07) is 0. The van der Waals surface area contributed by atoms with Crippen LogP contribution in [0.15, 0.2) is 6.20 Å². The van der Waals surface area contributed by atoms with E-state index in [2.05, 4.69) is 18.1 Å². The molecule has 1 aliphatic heterocycles. The molecular weight excluding hydrogens is 517 g/mol. The highest BCUT2D eigenvalue weighted by atomic mass is 32.1. The van der Waals surface area contributed by atoms with E-state index in [1.54, 1.807) is 0 Å². The van der Waals surface area contributed by atoms with E-state index in [0.29, 0.717) is 6.20 Å². The third kappa shape index (κ3) is 6.65. The van der Waals surface area contributed by atoms with E-state index in [0.717, 1.165) is 11.5 Å². The number of hydrogen-bond acceptors (Lipinski definition) is 11. The van der Waals surface area contributed by atoms with Crippen molar-refractivity contribution in [2.45, 2.75) is 31.0 Å². The Kier molecular flexibility index (Phi) is 7.63. The molecule has 1 saturated heterocycles. The topological polar surface area (TPSA) is 233 Å². The molecule has 0 spiro atoms. The molecule has 21 heteroatoms. The van der Waals surface area contributed by atoms with Crippen molar-refractivity contribution >= 4 is 41.5 Å². The number of nitrogen functional groups attached to an aromatic ring is 1. The average molecular weight is 533 g/mol. The third-order valence-electron chi connectivity index (χ3n) is 3.69. The highest BCUT2D eigenvalue weighted by Gasteiger charge is 2.55. The molecule has 1 aromatic heterocycles. The first-order valence-electron chi connectivity index (χ1n) is 7.69. The Morgan fingerprint density at radius 3 is 2.42 bits per heavy atom. The van der Waals surface area contributed by atoms with Crippen molar-refractivity contribution < 1.29 is 65.0 Å². The third-order valence-corrected chi connectivity index (χ3v) is 7.80. The molecule has 0 saturated carbocycles. The largest absolute Gasteiger partial charge is 0.490 e. The molecule has 7 N–H and O–H groups in total. The van der Waals surface area contributed by atoms with Crippen molar-refractivity contribution in [1.29, 1.82) is 0 Å². The quantitative estimate of drug-likeness (QED) is 0.199. The van der Waals surface area contributed by atoms with Crippen LogP contribution in [0.25, 0.3) is 0 Å². The molecule has 1 aromatic rings. The van der Waals surface area contributed by atoms with Crippen molar-refractivity contribution in [3.63, 3.8) is 0 Å². The van der Waals surface area contributed by atoms with Gasteiger partial charge in [-0.25, -0.2) is 22.5 Å². The first-order chi connectivity index (χ1) is 13.8. The number of aliphatic hydroxyl groups is 1. The fourth-order valence-electron chi connectivity index (χ4n) is 2.45. The number of hydrogen-bond donors (Lipinski definition) is 6. The van der Waals surface area contributed by atoms with Gasteiger partial charge in [-0.2, -0.15) is 13.6 Å². The molecule has 15 nitrogen and oxygen atoms in total. The van der Waals surface area contributed by atoms with Crippen LogP contribution in [0.2, 0.25) is 0 Å². The van der Waals surface area contributed by atoms with Gasteiger partial charge < -0.3 is 35.2 Å². The highest BCUT2D eigenvalue weighted by molar-refractivity contribution is 7.71. The predicted molar refractivity (Wildman–Crippen MR) is 96.7 cm³/mol. The van der Waals surface area contributed by atoms with Crippen LogP contribution in [-0.4, -0.2) is 58.7 Å². The zero-order valence-electron chi connectivity index (χ0n) is 15.1. The lowest BCUT2D eigenvalue weighted by molar-refractivity contribution is -0.0923. The van der Waals surface area contributed by atoms with E-state index >= 15 is 0 Å². The van der Waals surface area contributed by atoms with Gasteiger partial charge in [-0.1, -0.05) is 0 Å². The second kappa shape index (κ2) is 8.91. The van der Waals surface area contributed by atoms with E-state index in [1.807, 2.05) is 0 Å². The van der Waals surface area contributed by atoms with Crippen LogP contribution in [0.3, 0.4) is 0 Å². The minimum Gasteiger partial charge on any atom is -0.382 e. The minimum atomic E-state index is -5.78. The van der Waals surface area contributed by atoms with Crippen LogP contribution in [0, 0.1) is 10.6 Å². The van der Waals surface area contributed by atoms with Gasteiger partial charge in [0.05, 0.1) is 6.61 Å². The van der Waals surface area contributed by atoms with E-state index in [4.69, 9.17) is 37.4 Å². The fourth-order valence-corrected chi connectivity index (χ4v) is 5.73. The van der Waals surface area contributed by atoms with Gasteiger partial charge in [0.25, 0.3) is 0 Å². The summed E-state index contributed by atoms with van der Waals surface area (Å²) in [5.74, 6) is -1.64. The molecule has 1 aliphatic rings. The molecule has 178 valence electrons. The molecular formula is C10H16F2N3O12P3S. The lowest BCUT2D eigenvalue weighted by Gasteiger charge is -2.27. The zero-order valence-corrected chi connectivity index (χ0v) is 18.6. The van der Waals surface area contributed by atoms with Crippen molar-refractivity contribution in [2.75, 3.05) is 12.3 Å². The average Bonchev–Trinajstić information content (AvgIpc) is 2.76. The molecule has 6 atom stereocenters. The second-order valence-corrected chi connectivity index (χ2v) is 11.0. The molecule has 0 aromatic carbocycles. The Labute approximate surface area is 176 Å². The van der Waals surface area contributed by atoms with Gasteiger partial charge in [-0.15, -0.1) is 0 Å². The smallest absolute Gasteiger partial charge is 0.382 e. The maximum absolute atomic E-state index is 14.7. The summed E-state index contributed by atoms with van der Waals surface area (Å²) < 4.78 is 78.8. The summed E-state index contributed by atoms with van der Waals surface area (Å²) in [5, 5.41) is 10.4. The molecule has 2 heterocycles. The summed E-state index contributed by atoms with van der Waals surface area (Å²) in [5.41, 5.74) is 2.86. The van der Waals surface area contributed by atoms with Crippen LogP contribution in [0.4, 0.5) is 14.6 Å². The van der Waals surface area contributed by atoms with E-state index in [9.17, 15) is 32.5 Å². The number of nitrogens with zero attached hydrogens (tertiary/aromatic N) is 2. The van der Waals surface area contributed by atoms with Gasteiger partial charge in [0.2, 0.25) is 4.77 Å². The van der Waals surface area contributed by atoms with Crippen molar-refractivity contribution in [1.82, 2.24) is 9.55 Å². The Balaban J connectivity index is 2.16. The van der Waals surface area contributed by atoms with Gasteiger partial charge in [0.15, 0.2) is 24.0 Å². The van der Waals surface area contributed by atoms with Crippen LogP contribution in [0.5, 0.6) is 0 Å². The second-order valence-electron chi connectivity index (χ2n) is 6.21. The summed E-state index contributed by atoms with van der Waals surface area (Å²) in [6.07, 6.45) is -5.19. The Morgan fingerprint density at radius 1 is 1.29 bits per heavy atom. The molecule has 0 bridgehead atoms. The first kappa shape index (κ1) is 26.5. The number of aromatic nitrogens is 2. The van der Waals surface area contributed by atoms with Crippen molar-refractivity contribution in [3.8, 4) is 0 Å². The fraction of sp³-hybridized carbons (Fsp3) is 0.600. The Hall–Kier alpha value is -0.710. The van der Waals surface area contributed by atoms with Crippen molar-refractivity contribution in [3.05, 3.63) is 16.8 Å². The standard InChI is InChI=1S/C10H16F2N3O12P3S/c1-10(16)6(12)5(25-8(10)15-2-4(11)7(13)14-9(15)31)3-24-29(20,21)27-30(22,23)26-28(17,18)19/h2,5-6,8,16H,3H2,1H3,(H,20,21)(H,22,23)(H2,13,14,31)(H2,17,18,19). The van der Waals surface area contributed by atoms with Gasteiger partial charge in [-0.05, 0) is 19.1 Å². The molecule has 0 aliphatic carbocycles. The van der Waals surface area contributed by atoms with E-state index in [1.165, 1.54) is 0 Å². The van der Waals surface area contributed by atoms with E-state index < -0.39 is 70.6 Å². The number of nitrogens with two attached hydrogens (primary N) is 1. The van der Waals surface area contributed by atoms with Gasteiger partial charge >= 0.3 is 23.5 Å². The van der Waals surface area contributed by atoms with Crippen LogP contribution in [0.1, 0.15) is 13.2 Å². The summed E-state index contributed by atoms with van der Waals surface area (Å²) in [6.45, 7) is -0.251. The zero-order chi connectivity index (χ0) is 24.0. The lowest BCUT2D eigenvalue weighted by Crippen LogP contribution is -2.42. The van der Waals surface area contributed by atoms with Crippen LogP contribution in [-0.2, 0) is 31.6 Å². The Bertz CT molecular complexity index is 1050. The lowest BCUT2D eigenvalue weighted by atomic mass is 9.98. The monoisotopic (exact) mass is 533 g/mol. The molecule has 0 amide bonds. The number of rotatable bonds is 8. The van der Waals surface area contributed by atoms with Crippen LogP contribution < -0.4 is 5.73 Å². The number of phosphoric acid groups is 3. The van der Waals surface area contributed by atoms with Crippen LogP contribution >= 0.6 is 35.7 Å². The maximum Gasteiger partial charge on any atom is 0.490 e. The van der Waals surface area contributed by atoms with E-state index in [-0.39, 0.29) is 0 Å². The molecule has 0 radical (unpaired) electrons. The molecule has 2 rings (SSSR count). The number of phosphoric ester groups is 1. The minimum absolute atomic E-state index is 0.398. The van der Waals surface area contributed by atoms with Crippen molar-refractivity contribution in [2.24, 2.45) is 0 Å². The summed E-state index contributed by atoms with van der Waals surface area (Å²) >= 11 is 4.86. The highest BCUT2D eigenvalue weighted by Crippen LogP contribution is 2.66. The number of ether oxygens (including phenoxy) is 1. The number of alkyl halides is 1. The first-order valence-corrected chi connectivity index (χ1v) is 12.6. The summed E-state index contributed by atoms with van der Waals surface area (Å²) in [4.78, 5) is 38.9. The molecule has 6 unspecified atom stereocenters. The number of halogens is 2. The molecule has 1 fully saturated rings. The SMILES string of the molecule is CC1(O)C(F)C(COP(=O)(O)OP(=O)(O)OP(=O)(O)O)OC1n1cc(F)c(N)nc1=S. The Morgan fingerprint density at radius 2 is 1.87 bits per heavy atom. The van der Waals surface area contributed by atoms with Gasteiger partial charge in [0.1, 0.15) is 11.7 Å². The number of anilines is 1. The molecule has 31 heavy (non-hydrogen) atoms. The van der Waals surface area contributed by atoms with Gasteiger partial charge in [-0.3, -0.25) is 9.09 Å². The summed E-state index contributed by atoms with van der Waals surface area (Å²) in [7, 11) is -16.9. The van der Waals surface area contributed by atoms with Gasteiger partial charge in [0, 0.05) is 6.20 Å².